The number of hydrogen-bond donors (Lipinski definition) is 2. The summed E-state index contributed by atoms with van der Waals surface area (Å²) in [5.41, 5.74) is 0.870. The maximum Gasteiger partial charge on any atom is 0.158 e. The molecule has 0 saturated carbocycles. The fourth-order valence-corrected chi connectivity index (χ4v) is 0.510. The summed E-state index contributed by atoms with van der Waals surface area (Å²) in [5, 5.41) is 17.3. The van der Waals surface area contributed by atoms with Gasteiger partial charge in [0.15, 0.2) is 11.6 Å². The molecule has 0 aliphatic heterocycles. The van der Waals surface area contributed by atoms with Crippen molar-refractivity contribution in [1.29, 1.82) is 0 Å². The topological polar surface area (TPSA) is 74.6 Å². The molecule has 0 amide bonds. The second-order valence-electron chi connectivity index (χ2n) is 3.53. The van der Waals surface area contributed by atoms with E-state index in [1.165, 1.54) is 27.7 Å². The van der Waals surface area contributed by atoms with Gasteiger partial charge in [0.05, 0.1) is 11.5 Å². The average Bonchev–Trinajstić information content (AvgIpc) is 2.15. The molecule has 1 radical (unpaired) electrons. The SMILES string of the molecule is CC(=O)/C(C)=C(/C)O.CC(=O)/C(C)=C(/C)O.[Co]. The van der Waals surface area contributed by atoms with Gasteiger partial charge < -0.3 is 10.2 Å². The third kappa shape index (κ3) is 11.2. The van der Waals surface area contributed by atoms with Crippen LogP contribution in [0.1, 0.15) is 41.5 Å². The van der Waals surface area contributed by atoms with Crippen molar-refractivity contribution in [2.45, 2.75) is 41.5 Å². The van der Waals surface area contributed by atoms with Gasteiger partial charge in [0.1, 0.15) is 0 Å². The summed E-state index contributed by atoms with van der Waals surface area (Å²) in [6.07, 6.45) is 0. The number of carbonyl (C=O) groups is 2. The van der Waals surface area contributed by atoms with Crippen molar-refractivity contribution in [2.75, 3.05) is 0 Å². The van der Waals surface area contributed by atoms with Crippen LogP contribution in [0, 0.1) is 0 Å². The van der Waals surface area contributed by atoms with Crippen LogP contribution in [0.25, 0.3) is 0 Å². The van der Waals surface area contributed by atoms with E-state index in [4.69, 9.17) is 10.2 Å². The van der Waals surface area contributed by atoms with Crippen molar-refractivity contribution in [3.05, 3.63) is 22.7 Å². The summed E-state index contributed by atoms with van der Waals surface area (Å²) in [6.45, 7) is 9.03. The van der Waals surface area contributed by atoms with Gasteiger partial charge in [-0.2, -0.15) is 0 Å². The molecule has 4 nitrogen and oxygen atoms in total. The Bertz CT molecular complexity index is 298. The molecule has 0 aromatic carbocycles. The Hall–Kier alpha value is -1.07. The first kappa shape index (κ1) is 21.2. The molecule has 17 heavy (non-hydrogen) atoms. The van der Waals surface area contributed by atoms with Gasteiger partial charge in [-0.1, -0.05) is 0 Å². The predicted molar refractivity (Wildman–Crippen MR) is 63.4 cm³/mol. The van der Waals surface area contributed by atoms with Gasteiger partial charge in [0, 0.05) is 27.9 Å². The number of aliphatic hydroxyl groups is 2. The van der Waals surface area contributed by atoms with Crippen molar-refractivity contribution in [3.8, 4) is 0 Å². The normalized spacial score (nSPS) is 12.1. The number of aliphatic hydroxyl groups excluding tert-OH is 2. The Morgan fingerprint density at radius 3 is 0.824 bits per heavy atom. The minimum Gasteiger partial charge on any atom is -0.512 e. The molecular weight excluding hydrogens is 267 g/mol. The number of allylic oxidation sites excluding steroid dienone is 4. The molecule has 0 unspecified atom stereocenters. The standard InChI is InChI=1S/2C6H10O2.Co/c2*1-4(5(2)7)6(3)8;/h2*7H,1-3H3;/b2*5-4-;. The van der Waals surface area contributed by atoms with E-state index in [1.54, 1.807) is 13.8 Å². The van der Waals surface area contributed by atoms with Crippen LogP contribution in [-0.4, -0.2) is 21.8 Å². The van der Waals surface area contributed by atoms with Crippen LogP contribution in [-0.2, 0) is 26.4 Å². The van der Waals surface area contributed by atoms with E-state index in [-0.39, 0.29) is 39.9 Å². The predicted octanol–water partition coefficient (Wildman–Crippen LogP) is 2.85. The van der Waals surface area contributed by atoms with Gasteiger partial charge in [0.2, 0.25) is 0 Å². The van der Waals surface area contributed by atoms with Gasteiger partial charge in [0.25, 0.3) is 0 Å². The number of carbonyl (C=O) groups excluding carboxylic acids is 2. The van der Waals surface area contributed by atoms with E-state index in [0.717, 1.165) is 0 Å². The van der Waals surface area contributed by atoms with Crippen LogP contribution in [0.15, 0.2) is 22.7 Å². The third-order valence-electron chi connectivity index (χ3n) is 2.14. The minimum absolute atomic E-state index is 0. The van der Waals surface area contributed by atoms with Crippen molar-refractivity contribution in [3.63, 3.8) is 0 Å². The van der Waals surface area contributed by atoms with Crippen molar-refractivity contribution >= 4 is 11.6 Å². The summed E-state index contributed by atoms with van der Waals surface area (Å²) >= 11 is 0. The number of Topliss-reactive ketones (excluding diaryl/α,β-unsaturated/α-hetero) is 2. The smallest absolute Gasteiger partial charge is 0.158 e. The van der Waals surface area contributed by atoms with Gasteiger partial charge in [-0.3, -0.25) is 9.59 Å². The van der Waals surface area contributed by atoms with Gasteiger partial charge in [-0.15, -0.1) is 0 Å². The number of hydrogen-bond acceptors (Lipinski definition) is 4. The molecule has 0 aliphatic rings. The summed E-state index contributed by atoms with van der Waals surface area (Å²) in [5.74, 6) is 0.0602. The van der Waals surface area contributed by atoms with E-state index in [0.29, 0.717) is 11.1 Å². The van der Waals surface area contributed by atoms with E-state index < -0.39 is 0 Å². The van der Waals surface area contributed by atoms with Crippen LogP contribution in [0.2, 0.25) is 0 Å². The fraction of sp³-hybridized carbons (Fsp3) is 0.500. The summed E-state index contributed by atoms with van der Waals surface area (Å²) in [4.78, 5) is 20.7. The molecule has 0 spiro atoms. The van der Waals surface area contributed by atoms with Gasteiger partial charge >= 0.3 is 0 Å². The third-order valence-corrected chi connectivity index (χ3v) is 2.14. The summed E-state index contributed by atoms with van der Waals surface area (Å²) in [6, 6.07) is 0. The maximum absolute atomic E-state index is 10.4. The molecule has 0 fully saturated rings. The molecule has 5 heteroatoms. The monoisotopic (exact) mass is 287 g/mol. The summed E-state index contributed by atoms with van der Waals surface area (Å²) in [7, 11) is 0. The first-order chi connectivity index (χ1) is 7.11. The van der Waals surface area contributed by atoms with E-state index in [1.807, 2.05) is 0 Å². The zero-order valence-electron chi connectivity index (χ0n) is 11.0. The van der Waals surface area contributed by atoms with Crippen LogP contribution in [0.5, 0.6) is 0 Å². The number of ketones is 2. The van der Waals surface area contributed by atoms with Crippen LogP contribution >= 0.6 is 0 Å². The first-order valence-electron chi connectivity index (χ1n) is 4.86. The van der Waals surface area contributed by atoms with E-state index in [2.05, 4.69) is 0 Å². The zero-order chi connectivity index (χ0) is 13.5. The molecule has 0 saturated heterocycles. The molecule has 0 rings (SSSR count). The molecule has 0 atom stereocenters. The Balaban J connectivity index is -0.000000218. The van der Waals surface area contributed by atoms with Crippen molar-refractivity contribution in [1.82, 2.24) is 0 Å². The Morgan fingerprint density at radius 1 is 0.647 bits per heavy atom. The maximum atomic E-state index is 10.4. The van der Waals surface area contributed by atoms with Gasteiger partial charge in [-0.25, -0.2) is 0 Å². The molecule has 101 valence electrons. The molecule has 0 bridgehead atoms. The average molecular weight is 287 g/mol. The van der Waals surface area contributed by atoms with E-state index >= 15 is 0 Å². The molecule has 0 aromatic heterocycles. The van der Waals surface area contributed by atoms with Crippen LogP contribution in [0.3, 0.4) is 0 Å². The van der Waals surface area contributed by atoms with Crippen LogP contribution < -0.4 is 0 Å². The van der Waals surface area contributed by atoms with Crippen molar-refractivity contribution < 1.29 is 36.6 Å². The first-order valence-corrected chi connectivity index (χ1v) is 4.86. The largest absolute Gasteiger partial charge is 0.512 e. The fourth-order valence-electron chi connectivity index (χ4n) is 0.510. The van der Waals surface area contributed by atoms with Gasteiger partial charge in [-0.05, 0) is 41.5 Å². The Kier molecular flexibility index (Phi) is 12.6. The minimum atomic E-state index is -0.0787. The molecule has 0 aliphatic carbocycles. The molecule has 0 aromatic rings. The number of rotatable bonds is 2. The van der Waals surface area contributed by atoms with Crippen molar-refractivity contribution in [2.24, 2.45) is 0 Å². The quantitative estimate of drug-likeness (QED) is 0.605. The zero-order valence-corrected chi connectivity index (χ0v) is 12.1. The second-order valence-corrected chi connectivity index (χ2v) is 3.53. The Morgan fingerprint density at radius 2 is 0.824 bits per heavy atom. The molecule has 0 heterocycles. The molecular formula is C12H20CoO4. The second kappa shape index (κ2) is 10.1. The molecule has 2 N–H and O–H groups in total. The van der Waals surface area contributed by atoms with E-state index in [9.17, 15) is 9.59 Å². The summed E-state index contributed by atoms with van der Waals surface area (Å²) < 4.78 is 0. The van der Waals surface area contributed by atoms with Crippen LogP contribution in [0.4, 0.5) is 0 Å². The Labute approximate surface area is 113 Å².